The second-order valence-electron chi connectivity index (χ2n) is 13.0. The Morgan fingerprint density at radius 3 is 1.75 bits per heavy atom. The van der Waals surface area contributed by atoms with Crippen LogP contribution >= 0.6 is 0 Å². The molecule has 0 aliphatic carbocycles. The van der Waals surface area contributed by atoms with Crippen LogP contribution in [-0.4, -0.2) is 158 Å². The standard InChI is InChI=1S/C25H48N6O8.C8H14N4O4/c1-21(32)29(37)18-9-3-6-16-27-22(33)12-14-25(36)31(39)20-10-4-7-17-28-23(34)11-13-24(35)30(38)19-8-2-5-15-26;9-7-10-3-12(8(15)11-7)6-1-4(14)5(2-13)16-6/h37-39H,2-20,26H2,1H3,(H,27,33)(H,28,34);4-6,13-14H,1-3H2,(H3,9,10,11,15)/t;4-,5+,6+/m.0/s1. The van der Waals surface area contributed by atoms with Crippen molar-refractivity contribution in [2.45, 2.75) is 115 Å². The van der Waals surface area contributed by atoms with Crippen molar-refractivity contribution < 1.29 is 59.3 Å². The lowest BCUT2D eigenvalue weighted by Crippen LogP contribution is -2.54. The van der Waals surface area contributed by atoms with Gasteiger partial charge in [-0.2, -0.15) is 0 Å². The van der Waals surface area contributed by atoms with Gasteiger partial charge in [0.1, 0.15) is 19.0 Å². The van der Waals surface area contributed by atoms with Gasteiger partial charge in [0.25, 0.3) is 0 Å². The fourth-order valence-corrected chi connectivity index (χ4v) is 5.18. The number of carbonyl (C=O) groups excluding carboxylic acids is 6. The van der Waals surface area contributed by atoms with E-state index in [1.54, 1.807) is 0 Å². The number of amides is 7. The molecule has 2 heterocycles. The molecule has 22 heteroatoms. The highest BCUT2D eigenvalue weighted by atomic mass is 16.5. The van der Waals surface area contributed by atoms with Crippen molar-refractivity contribution in [2.75, 3.05) is 52.5 Å². The van der Waals surface area contributed by atoms with E-state index in [1.165, 1.54) is 11.8 Å². The van der Waals surface area contributed by atoms with E-state index in [4.69, 9.17) is 21.3 Å². The fourth-order valence-electron chi connectivity index (χ4n) is 5.18. The zero-order chi connectivity index (χ0) is 41.2. The molecule has 316 valence electrons. The molecular weight excluding hydrogens is 728 g/mol. The Bertz CT molecular complexity index is 1230. The molecule has 0 radical (unpaired) electrons. The molecule has 0 spiro atoms. The molecule has 0 aromatic heterocycles. The number of guanidine groups is 1. The summed E-state index contributed by atoms with van der Waals surface area (Å²) in [6, 6.07) is -0.414. The van der Waals surface area contributed by atoms with Gasteiger partial charge < -0.3 is 37.1 Å². The van der Waals surface area contributed by atoms with Crippen LogP contribution in [0.5, 0.6) is 0 Å². The molecule has 2 aliphatic heterocycles. The largest absolute Gasteiger partial charge is 0.394 e. The van der Waals surface area contributed by atoms with E-state index >= 15 is 0 Å². The molecule has 3 atom stereocenters. The Kier molecular flexibility index (Phi) is 25.1. The Morgan fingerprint density at radius 2 is 1.31 bits per heavy atom. The highest BCUT2D eigenvalue weighted by Crippen LogP contribution is 2.23. The summed E-state index contributed by atoms with van der Waals surface area (Å²) in [6.45, 7) is 3.03. The number of unbranched alkanes of at least 4 members (excludes halogenated alkanes) is 6. The van der Waals surface area contributed by atoms with Crippen LogP contribution in [0.25, 0.3) is 0 Å². The van der Waals surface area contributed by atoms with Gasteiger partial charge in [-0.05, 0) is 57.9 Å². The van der Waals surface area contributed by atoms with Crippen molar-refractivity contribution in [2.24, 2.45) is 16.5 Å². The number of nitrogens with zero attached hydrogens (tertiary/aromatic N) is 5. The minimum Gasteiger partial charge on any atom is -0.394 e. The van der Waals surface area contributed by atoms with Gasteiger partial charge in [-0.1, -0.05) is 6.42 Å². The Balaban J connectivity index is 0.000000773. The van der Waals surface area contributed by atoms with Crippen molar-refractivity contribution >= 4 is 41.5 Å². The van der Waals surface area contributed by atoms with Crippen LogP contribution in [0, 0.1) is 0 Å². The first-order valence-corrected chi connectivity index (χ1v) is 18.7. The molecule has 7 amide bonds. The lowest BCUT2D eigenvalue weighted by atomic mass is 10.2. The molecule has 0 unspecified atom stereocenters. The summed E-state index contributed by atoms with van der Waals surface area (Å²) >= 11 is 0. The van der Waals surface area contributed by atoms with Crippen molar-refractivity contribution in [1.29, 1.82) is 0 Å². The maximum Gasteiger partial charge on any atom is 0.327 e. The number of ether oxygens (including phenoxy) is 1. The lowest BCUT2D eigenvalue weighted by Gasteiger charge is -2.29. The number of hydroxylamine groups is 6. The van der Waals surface area contributed by atoms with E-state index in [1.807, 2.05) is 0 Å². The van der Waals surface area contributed by atoms with Gasteiger partial charge >= 0.3 is 6.03 Å². The van der Waals surface area contributed by atoms with E-state index in [0.29, 0.717) is 73.3 Å². The lowest BCUT2D eigenvalue weighted by molar-refractivity contribution is -0.166. The first-order chi connectivity index (χ1) is 26.2. The van der Waals surface area contributed by atoms with Crippen LogP contribution in [0.3, 0.4) is 0 Å². The molecule has 12 N–H and O–H groups in total. The van der Waals surface area contributed by atoms with Crippen molar-refractivity contribution in [3.63, 3.8) is 0 Å². The summed E-state index contributed by atoms with van der Waals surface area (Å²) in [4.78, 5) is 75.1. The molecule has 1 fully saturated rings. The molecule has 2 aliphatic rings. The maximum absolute atomic E-state index is 12.0. The van der Waals surface area contributed by atoms with Gasteiger partial charge in [0.05, 0.1) is 12.7 Å². The quantitative estimate of drug-likeness (QED) is 0.0291. The third-order valence-corrected chi connectivity index (χ3v) is 8.50. The first kappa shape index (κ1) is 48.8. The van der Waals surface area contributed by atoms with Crippen molar-refractivity contribution in [3.05, 3.63) is 0 Å². The minimum atomic E-state index is -0.772. The van der Waals surface area contributed by atoms with Gasteiger partial charge in [0, 0.05) is 71.8 Å². The first-order valence-electron chi connectivity index (χ1n) is 18.7. The van der Waals surface area contributed by atoms with E-state index < -0.39 is 42.2 Å². The molecule has 55 heavy (non-hydrogen) atoms. The monoisotopic (exact) mass is 790 g/mol. The summed E-state index contributed by atoms with van der Waals surface area (Å²) in [5.41, 5.74) is 10.7. The van der Waals surface area contributed by atoms with E-state index in [0.717, 1.165) is 19.3 Å². The summed E-state index contributed by atoms with van der Waals surface area (Å²) in [7, 11) is 0. The summed E-state index contributed by atoms with van der Waals surface area (Å²) < 4.78 is 5.32. The topological polar surface area (TPSA) is 326 Å². The van der Waals surface area contributed by atoms with Gasteiger partial charge in [0.2, 0.25) is 29.5 Å². The minimum absolute atomic E-state index is 0.0191. The second-order valence-corrected chi connectivity index (χ2v) is 13.0. The molecule has 1 saturated heterocycles. The molecule has 0 saturated carbocycles. The Labute approximate surface area is 321 Å². The van der Waals surface area contributed by atoms with Gasteiger partial charge in [-0.3, -0.25) is 49.8 Å². The number of carbonyl (C=O) groups is 6. The van der Waals surface area contributed by atoms with Gasteiger partial charge in [-0.25, -0.2) is 25.0 Å². The number of hydrogen-bond donors (Lipinski definition) is 10. The average molecular weight is 791 g/mol. The number of aliphatic imine (C=N–C) groups is 1. The van der Waals surface area contributed by atoms with E-state index in [9.17, 15) is 49.5 Å². The average Bonchev–Trinajstić information content (AvgIpc) is 3.53. The predicted octanol–water partition coefficient (Wildman–Crippen LogP) is -1.33. The number of rotatable bonds is 25. The zero-order valence-corrected chi connectivity index (χ0v) is 31.8. The van der Waals surface area contributed by atoms with E-state index in [-0.39, 0.29) is 82.8 Å². The normalized spacial score (nSPS) is 17.7. The van der Waals surface area contributed by atoms with Crippen LogP contribution < -0.4 is 27.4 Å². The van der Waals surface area contributed by atoms with Crippen LogP contribution in [0.15, 0.2) is 4.99 Å². The highest BCUT2D eigenvalue weighted by molar-refractivity contribution is 5.97. The van der Waals surface area contributed by atoms with E-state index in [2.05, 4.69) is 20.9 Å². The second kappa shape index (κ2) is 28.3. The highest BCUT2D eigenvalue weighted by Gasteiger charge is 2.39. The SMILES string of the molecule is CC(=O)N(O)CCCCCNC(=O)CCC(=O)N(O)CCCCCNC(=O)CCC(=O)N(O)CCCCCN.NC1=NCN([C@H]2C[C@H](O)[C@@H](CO)O2)C(=O)N1. The van der Waals surface area contributed by atoms with Gasteiger partial charge in [-0.15, -0.1) is 0 Å². The Morgan fingerprint density at radius 1 is 0.818 bits per heavy atom. The third-order valence-electron chi connectivity index (χ3n) is 8.50. The molecule has 0 aromatic carbocycles. The molecular formula is C33H62N10O12. The smallest absolute Gasteiger partial charge is 0.327 e. The predicted molar refractivity (Wildman–Crippen MR) is 194 cm³/mol. The Hall–Kier alpha value is -4.19. The summed E-state index contributed by atoms with van der Waals surface area (Å²) in [5, 5.41) is 56.8. The number of hydrogen-bond acceptors (Lipinski definition) is 15. The number of nitrogens with one attached hydrogen (secondary N) is 3. The van der Waals surface area contributed by atoms with Crippen LogP contribution in [0.2, 0.25) is 0 Å². The molecule has 22 nitrogen and oxygen atoms in total. The number of urea groups is 1. The molecule has 0 aromatic rings. The van der Waals surface area contributed by atoms with Crippen LogP contribution in [0.4, 0.5) is 4.79 Å². The zero-order valence-electron chi connectivity index (χ0n) is 31.8. The maximum atomic E-state index is 12.0. The number of aliphatic hydroxyl groups is 2. The third kappa shape index (κ3) is 21.5. The number of nitrogens with two attached hydrogens (primary N) is 2. The summed E-state index contributed by atoms with van der Waals surface area (Å²) in [5.74, 6) is -1.98. The van der Waals surface area contributed by atoms with Crippen LogP contribution in [0.1, 0.15) is 96.8 Å². The fraction of sp³-hybridized carbons (Fsp3) is 0.788. The summed E-state index contributed by atoms with van der Waals surface area (Å²) in [6.07, 6.45) is 4.09. The van der Waals surface area contributed by atoms with Crippen molar-refractivity contribution in [3.8, 4) is 0 Å². The molecule has 0 bridgehead atoms. The number of aliphatic hydroxyl groups excluding tert-OH is 2. The van der Waals surface area contributed by atoms with Crippen molar-refractivity contribution in [1.82, 2.24) is 36.0 Å². The van der Waals surface area contributed by atoms with Gasteiger partial charge in [0.15, 0.2) is 5.96 Å². The van der Waals surface area contributed by atoms with Crippen LogP contribution in [-0.2, 0) is 28.7 Å². The molecule has 2 rings (SSSR count).